The smallest absolute Gasteiger partial charge is 0.246 e. The fraction of sp³-hybridized carbons (Fsp3) is 0.500. The molecule has 1 saturated carbocycles. The van der Waals surface area contributed by atoms with Crippen molar-refractivity contribution >= 4 is 12.0 Å². The number of aromatic nitrogens is 2. The van der Waals surface area contributed by atoms with Crippen LogP contribution in [-0.4, -0.2) is 48.3 Å². The Morgan fingerprint density at radius 3 is 2.83 bits per heavy atom. The maximum atomic E-state index is 12.7. The zero-order valence-electron chi connectivity index (χ0n) is 17.0. The molecule has 2 fully saturated rings. The average molecular weight is 397 g/mol. The second-order valence-electron chi connectivity index (χ2n) is 7.76. The molecule has 2 heterocycles. The van der Waals surface area contributed by atoms with Gasteiger partial charge in [0.25, 0.3) is 0 Å². The van der Waals surface area contributed by atoms with Gasteiger partial charge in [-0.15, -0.1) is 0 Å². The molecule has 7 heteroatoms. The Kier molecular flexibility index (Phi) is 5.83. The fourth-order valence-corrected chi connectivity index (χ4v) is 3.77. The van der Waals surface area contributed by atoms with Crippen molar-refractivity contribution in [3.63, 3.8) is 0 Å². The van der Waals surface area contributed by atoms with Crippen molar-refractivity contribution < 1.29 is 18.8 Å². The van der Waals surface area contributed by atoms with E-state index in [2.05, 4.69) is 10.1 Å². The van der Waals surface area contributed by atoms with Crippen LogP contribution in [0.4, 0.5) is 0 Å². The summed E-state index contributed by atoms with van der Waals surface area (Å²) in [6.07, 6.45) is 8.57. The molecule has 1 atom stereocenters. The van der Waals surface area contributed by atoms with Crippen LogP contribution in [0.2, 0.25) is 0 Å². The number of nitrogens with zero attached hydrogens (tertiary/aromatic N) is 3. The third kappa shape index (κ3) is 4.78. The van der Waals surface area contributed by atoms with E-state index in [4.69, 9.17) is 14.0 Å². The van der Waals surface area contributed by atoms with E-state index >= 15 is 0 Å². The van der Waals surface area contributed by atoms with Crippen LogP contribution in [0.25, 0.3) is 6.08 Å². The van der Waals surface area contributed by atoms with Gasteiger partial charge in [-0.3, -0.25) is 4.79 Å². The van der Waals surface area contributed by atoms with Crippen LogP contribution in [0.3, 0.4) is 0 Å². The second-order valence-corrected chi connectivity index (χ2v) is 7.76. The Bertz CT molecular complexity index is 888. The maximum absolute atomic E-state index is 12.7. The van der Waals surface area contributed by atoms with E-state index in [9.17, 15) is 4.79 Å². The third-order valence-corrected chi connectivity index (χ3v) is 5.55. The van der Waals surface area contributed by atoms with Crippen LogP contribution in [0.5, 0.6) is 11.5 Å². The summed E-state index contributed by atoms with van der Waals surface area (Å²) < 4.78 is 16.0. The molecule has 0 spiro atoms. The van der Waals surface area contributed by atoms with Gasteiger partial charge in [0.05, 0.1) is 14.2 Å². The normalized spacial score (nSPS) is 19.5. The molecule has 1 amide bonds. The molecule has 0 bridgehead atoms. The lowest BCUT2D eigenvalue weighted by atomic mass is 9.94. The van der Waals surface area contributed by atoms with E-state index in [1.54, 1.807) is 20.3 Å². The molecule has 1 aliphatic heterocycles. The number of carbonyl (C=O) groups excluding carboxylic acids is 1. The van der Waals surface area contributed by atoms with Crippen molar-refractivity contribution in [1.29, 1.82) is 0 Å². The number of likely N-dealkylation sites (tertiary alicyclic amines) is 1. The summed E-state index contributed by atoms with van der Waals surface area (Å²) in [5.74, 6) is 3.74. The van der Waals surface area contributed by atoms with Crippen LogP contribution in [0.15, 0.2) is 28.8 Å². The van der Waals surface area contributed by atoms with Crippen molar-refractivity contribution in [3.8, 4) is 11.5 Å². The Morgan fingerprint density at radius 2 is 2.07 bits per heavy atom. The first-order valence-electron chi connectivity index (χ1n) is 10.2. The maximum Gasteiger partial charge on any atom is 0.246 e. The van der Waals surface area contributed by atoms with Gasteiger partial charge in [0.15, 0.2) is 17.3 Å². The van der Waals surface area contributed by atoms with Crippen molar-refractivity contribution in [1.82, 2.24) is 15.0 Å². The van der Waals surface area contributed by atoms with Crippen LogP contribution in [-0.2, 0) is 11.2 Å². The molecule has 1 aromatic heterocycles. The van der Waals surface area contributed by atoms with E-state index in [1.165, 1.54) is 0 Å². The monoisotopic (exact) mass is 397 g/mol. The highest BCUT2D eigenvalue weighted by atomic mass is 16.5. The van der Waals surface area contributed by atoms with Crippen LogP contribution in [0.1, 0.15) is 48.9 Å². The first-order valence-corrected chi connectivity index (χ1v) is 10.2. The molecule has 1 aliphatic carbocycles. The number of rotatable bonds is 7. The quantitative estimate of drug-likeness (QED) is 0.666. The summed E-state index contributed by atoms with van der Waals surface area (Å²) in [7, 11) is 3.20. The zero-order valence-corrected chi connectivity index (χ0v) is 17.0. The van der Waals surface area contributed by atoms with Crippen molar-refractivity contribution in [2.45, 2.75) is 38.0 Å². The predicted octanol–water partition coefficient (Wildman–Crippen LogP) is 3.46. The summed E-state index contributed by atoms with van der Waals surface area (Å²) in [6.45, 7) is 1.50. The van der Waals surface area contributed by atoms with Gasteiger partial charge < -0.3 is 18.9 Å². The first kappa shape index (κ1) is 19.5. The number of hydrogen-bond acceptors (Lipinski definition) is 6. The first-order chi connectivity index (χ1) is 14.2. The van der Waals surface area contributed by atoms with Gasteiger partial charge in [0, 0.05) is 31.5 Å². The molecule has 1 saturated heterocycles. The fourth-order valence-electron chi connectivity index (χ4n) is 3.77. The lowest BCUT2D eigenvalue weighted by Crippen LogP contribution is -2.39. The highest BCUT2D eigenvalue weighted by Crippen LogP contribution is 2.38. The molecular formula is C22H27N3O4. The van der Waals surface area contributed by atoms with Crippen LogP contribution >= 0.6 is 0 Å². The molecule has 0 N–H and O–H groups in total. The van der Waals surface area contributed by atoms with Gasteiger partial charge in [0.1, 0.15) is 0 Å². The molecule has 4 rings (SSSR count). The Morgan fingerprint density at radius 1 is 1.24 bits per heavy atom. The molecule has 2 aliphatic rings. The second kappa shape index (κ2) is 8.68. The summed E-state index contributed by atoms with van der Waals surface area (Å²) in [4.78, 5) is 19.1. The lowest BCUT2D eigenvalue weighted by molar-refractivity contribution is -0.127. The summed E-state index contributed by atoms with van der Waals surface area (Å²) in [5.41, 5.74) is 0.892. The van der Waals surface area contributed by atoms with E-state index in [1.807, 2.05) is 29.2 Å². The number of benzene rings is 1. The highest BCUT2D eigenvalue weighted by Gasteiger charge is 2.30. The molecule has 2 aromatic rings. The minimum Gasteiger partial charge on any atom is -0.493 e. The molecule has 1 aromatic carbocycles. The van der Waals surface area contributed by atoms with Gasteiger partial charge in [-0.2, -0.15) is 4.98 Å². The van der Waals surface area contributed by atoms with E-state index in [-0.39, 0.29) is 5.91 Å². The molecule has 29 heavy (non-hydrogen) atoms. The van der Waals surface area contributed by atoms with Gasteiger partial charge in [0.2, 0.25) is 11.8 Å². The van der Waals surface area contributed by atoms with Crippen molar-refractivity contribution in [3.05, 3.63) is 41.6 Å². The van der Waals surface area contributed by atoms with Gasteiger partial charge in [-0.1, -0.05) is 11.2 Å². The van der Waals surface area contributed by atoms with Crippen molar-refractivity contribution in [2.24, 2.45) is 5.92 Å². The van der Waals surface area contributed by atoms with Crippen LogP contribution < -0.4 is 9.47 Å². The number of carbonyl (C=O) groups is 1. The largest absolute Gasteiger partial charge is 0.493 e. The molecule has 154 valence electrons. The highest BCUT2D eigenvalue weighted by molar-refractivity contribution is 5.92. The molecule has 1 unspecified atom stereocenters. The zero-order chi connectivity index (χ0) is 20.2. The van der Waals surface area contributed by atoms with Gasteiger partial charge in [-0.05, 0) is 55.4 Å². The molecular weight excluding hydrogens is 370 g/mol. The SMILES string of the molecule is COc1ccc(C=CC(=O)N2CCCC(Cc3nc(C4CC4)no3)C2)cc1OC. The van der Waals surface area contributed by atoms with Gasteiger partial charge >= 0.3 is 0 Å². The topological polar surface area (TPSA) is 77.7 Å². The number of ether oxygens (including phenoxy) is 2. The van der Waals surface area contributed by atoms with E-state index in [0.29, 0.717) is 29.2 Å². The number of hydrogen-bond donors (Lipinski definition) is 0. The minimum absolute atomic E-state index is 0.0219. The minimum atomic E-state index is 0.0219. The summed E-state index contributed by atoms with van der Waals surface area (Å²) in [6, 6.07) is 5.59. The molecule has 0 radical (unpaired) electrons. The van der Waals surface area contributed by atoms with Crippen molar-refractivity contribution in [2.75, 3.05) is 27.3 Å². The number of methoxy groups -OCH3 is 2. The Hall–Kier alpha value is -2.83. The number of amides is 1. The predicted molar refractivity (Wildman–Crippen MR) is 108 cm³/mol. The number of piperidine rings is 1. The summed E-state index contributed by atoms with van der Waals surface area (Å²) in [5, 5.41) is 4.09. The van der Waals surface area contributed by atoms with Crippen LogP contribution in [0, 0.1) is 5.92 Å². The van der Waals surface area contributed by atoms with E-state index < -0.39 is 0 Å². The standard InChI is InChI=1S/C22H27N3O4/c1-27-18-9-5-15(12-19(18)28-2)6-10-21(26)25-11-3-4-16(14-25)13-20-23-22(24-29-20)17-7-8-17/h5-6,9-10,12,16-17H,3-4,7-8,11,13-14H2,1-2H3. The lowest BCUT2D eigenvalue weighted by Gasteiger charge is -2.31. The summed E-state index contributed by atoms with van der Waals surface area (Å²) >= 11 is 0. The average Bonchev–Trinajstić information content (AvgIpc) is 3.51. The molecule has 7 nitrogen and oxygen atoms in total. The Labute approximate surface area is 170 Å². The van der Waals surface area contributed by atoms with Gasteiger partial charge in [-0.25, -0.2) is 0 Å². The third-order valence-electron chi connectivity index (χ3n) is 5.55. The van der Waals surface area contributed by atoms with E-state index in [0.717, 1.165) is 56.6 Å². The Balaban J connectivity index is 1.34.